The molecule has 2 nitrogen and oxygen atoms in total. The fraction of sp³-hybridized carbons (Fsp3) is 0. The second-order valence-electron chi connectivity index (χ2n) is 17.4. The van der Waals surface area contributed by atoms with Crippen LogP contribution in [0.2, 0.25) is 0 Å². The smallest absolute Gasteiger partial charge is 0.136 e. The van der Waals surface area contributed by atoms with Crippen LogP contribution in [0.1, 0.15) is 0 Å². The van der Waals surface area contributed by atoms with Gasteiger partial charge in [-0.2, -0.15) is 0 Å². The Labute approximate surface area is 380 Å². The number of rotatable bonds is 5. The van der Waals surface area contributed by atoms with Crippen molar-refractivity contribution >= 4 is 87.0 Å². The Morgan fingerprint density at radius 2 is 0.515 bits per heavy atom. The van der Waals surface area contributed by atoms with E-state index in [0.717, 1.165) is 43.9 Å². The first-order valence-electron chi connectivity index (χ1n) is 22.7. The molecule has 0 bridgehead atoms. The summed E-state index contributed by atoms with van der Waals surface area (Å²) in [5.41, 5.74) is 15.6. The van der Waals surface area contributed by atoms with E-state index in [0.29, 0.717) is 0 Å². The highest BCUT2D eigenvalue weighted by atomic mass is 16.3. The van der Waals surface area contributed by atoms with Crippen LogP contribution in [0.25, 0.3) is 143 Å². The standard InChI is InChI=1S/C64H38O2/c1-2-16-39(17-3-1)62-52-26-12-24-44(46-34-36-48(42-20-6-4-18-40(42)46)50-28-14-32-60-63(50)54-22-8-10-30-58(54)65-60)56(52)38-57-45(25-13-27-53(57)62)47-35-37-49(43-21-7-5-19-41(43)47)51-29-15-33-61-64(51)55-23-9-11-31-59(55)66-61/h1-38H. The predicted molar refractivity (Wildman–Crippen MR) is 278 cm³/mol. The number of hydrogen-bond donors (Lipinski definition) is 0. The Kier molecular flexibility index (Phi) is 8.02. The van der Waals surface area contributed by atoms with Gasteiger partial charge in [0.1, 0.15) is 22.3 Å². The molecule has 0 amide bonds. The summed E-state index contributed by atoms with van der Waals surface area (Å²) in [5, 5.41) is 14.3. The molecule has 0 aliphatic carbocycles. The van der Waals surface area contributed by atoms with Crippen molar-refractivity contribution < 1.29 is 8.83 Å². The first-order valence-corrected chi connectivity index (χ1v) is 22.7. The van der Waals surface area contributed by atoms with E-state index >= 15 is 0 Å². The van der Waals surface area contributed by atoms with Gasteiger partial charge in [-0.05, 0) is 129 Å². The Bertz CT molecular complexity index is 4030. The lowest BCUT2D eigenvalue weighted by Gasteiger charge is -2.19. The van der Waals surface area contributed by atoms with Gasteiger partial charge in [0, 0.05) is 21.5 Å². The summed E-state index contributed by atoms with van der Waals surface area (Å²) in [4.78, 5) is 0. The summed E-state index contributed by atoms with van der Waals surface area (Å²) >= 11 is 0. The molecule has 66 heavy (non-hydrogen) atoms. The third-order valence-electron chi connectivity index (χ3n) is 13.9. The van der Waals surface area contributed by atoms with Gasteiger partial charge < -0.3 is 8.83 Å². The van der Waals surface area contributed by atoms with Crippen LogP contribution in [0.15, 0.2) is 239 Å². The van der Waals surface area contributed by atoms with Crippen LogP contribution in [-0.2, 0) is 0 Å². The predicted octanol–water partition coefficient (Wildman–Crippen LogP) is 18.4. The van der Waals surface area contributed by atoms with Crippen LogP contribution >= 0.6 is 0 Å². The zero-order chi connectivity index (χ0) is 43.3. The van der Waals surface area contributed by atoms with E-state index in [1.807, 2.05) is 12.1 Å². The minimum atomic E-state index is 0.901. The number of para-hydroxylation sites is 2. The number of benzene rings is 12. The van der Waals surface area contributed by atoms with Gasteiger partial charge in [0.2, 0.25) is 0 Å². The SMILES string of the molecule is c1ccc(-c2c3cccc(-c4ccc(-c5cccc6oc7ccccc7c56)c5ccccc45)c3cc3c(-c4ccc(-c5cccc6oc7ccccc7c56)c5ccccc45)cccc23)cc1. The summed E-state index contributed by atoms with van der Waals surface area (Å²) in [6.07, 6.45) is 0. The van der Waals surface area contributed by atoms with Crippen LogP contribution in [0.5, 0.6) is 0 Å². The van der Waals surface area contributed by atoms with Gasteiger partial charge >= 0.3 is 0 Å². The van der Waals surface area contributed by atoms with Crippen molar-refractivity contribution in [3.05, 3.63) is 231 Å². The lowest BCUT2D eigenvalue weighted by molar-refractivity contribution is 0.668. The van der Waals surface area contributed by atoms with Gasteiger partial charge in [-0.25, -0.2) is 0 Å². The van der Waals surface area contributed by atoms with Crippen molar-refractivity contribution in [3.63, 3.8) is 0 Å². The highest BCUT2D eigenvalue weighted by molar-refractivity contribution is 6.23. The molecule has 14 rings (SSSR count). The maximum atomic E-state index is 6.36. The highest BCUT2D eigenvalue weighted by Gasteiger charge is 2.21. The van der Waals surface area contributed by atoms with Crippen molar-refractivity contribution in [1.29, 1.82) is 0 Å². The molecule has 0 atom stereocenters. The van der Waals surface area contributed by atoms with E-state index in [2.05, 4.69) is 218 Å². The molecule has 12 aromatic carbocycles. The average molecular weight is 839 g/mol. The lowest BCUT2D eigenvalue weighted by Crippen LogP contribution is -1.92. The number of hydrogen-bond acceptors (Lipinski definition) is 2. The Morgan fingerprint density at radius 1 is 0.197 bits per heavy atom. The zero-order valence-corrected chi connectivity index (χ0v) is 35.8. The largest absolute Gasteiger partial charge is 0.456 e. The molecule has 0 aliphatic heterocycles. The molecule has 0 N–H and O–H groups in total. The van der Waals surface area contributed by atoms with Gasteiger partial charge in [0.05, 0.1) is 0 Å². The molecule has 0 spiro atoms. The fourth-order valence-electron chi connectivity index (χ4n) is 11.1. The molecular weight excluding hydrogens is 801 g/mol. The second kappa shape index (κ2) is 14.4. The van der Waals surface area contributed by atoms with Crippen LogP contribution in [0.4, 0.5) is 0 Å². The van der Waals surface area contributed by atoms with Crippen molar-refractivity contribution in [3.8, 4) is 55.6 Å². The van der Waals surface area contributed by atoms with Crippen molar-refractivity contribution in [2.45, 2.75) is 0 Å². The van der Waals surface area contributed by atoms with Gasteiger partial charge in [-0.1, -0.05) is 200 Å². The van der Waals surface area contributed by atoms with Gasteiger partial charge in [0.15, 0.2) is 0 Å². The number of furan rings is 2. The van der Waals surface area contributed by atoms with Crippen LogP contribution < -0.4 is 0 Å². The second-order valence-corrected chi connectivity index (χ2v) is 17.4. The molecule has 0 fully saturated rings. The van der Waals surface area contributed by atoms with Crippen LogP contribution in [0.3, 0.4) is 0 Å². The number of fused-ring (bicyclic) bond motifs is 10. The van der Waals surface area contributed by atoms with Crippen molar-refractivity contribution in [2.75, 3.05) is 0 Å². The highest BCUT2D eigenvalue weighted by Crippen LogP contribution is 2.48. The van der Waals surface area contributed by atoms with E-state index < -0.39 is 0 Å². The van der Waals surface area contributed by atoms with Crippen LogP contribution in [-0.4, -0.2) is 0 Å². The monoisotopic (exact) mass is 838 g/mol. The molecule has 0 radical (unpaired) electrons. The minimum absolute atomic E-state index is 0.901. The van der Waals surface area contributed by atoms with E-state index in [9.17, 15) is 0 Å². The summed E-state index contributed by atoms with van der Waals surface area (Å²) in [7, 11) is 0. The van der Waals surface area contributed by atoms with E-state index in [1.54, 1.807) is 0 Å². The molecule has 0 saturated heterocycles. The molecule has 0 unspecified atom stereocenters. The minimum Gasteiger partial charge on any atom is -0.456 e. The van der Waals surface area contributed by atoms with Crippen LogP contribution in [0, 0.1) is 0 Å². The molecule has 14 aromatic rings. The van der Waals surface area contributed by atoms with Gasteiger partial charge in [-0.3, -0.25) is 0 Å². The third kappa shape index (κ3) is 5.42. The molecule has 306 valence electrons. The maximum Gasteiger partial charge on any atom is 0.136 e. The van der Waals surface area contributed by atoms with Gasteiger partial charge in [0.25, 0.3) is 0 Å². The normalized spacial score (nSPS) is 11.9. The quantitative estimate of drug-likeness (QED) is 0.161. The summed E-state index contributed by atoms with van der Waals surface area (Å²) in [5.74, 6) is 0. The van der Waals surface area contributed by atoms with E-state index in [-0.39, 0.29) is 0 Å². The average Bonchev–Trinajstić information content (AvgIpc) is 3.96. The summed E-state index contributed by atoms with van der Waals surface area (Å²) in [6.45, 7) is 0. The maximum absolute atomic E-state index is 6.36. The molecule has 0 aliphatic rings. The topological polar surface area (TPSA) is 26.3 Å². The summed E-state index contributed by atoms with van der Waals surface area (Å²) < 4.78 is 12.7. The summed E-state index contributed by atoms with van der Waals surface area (Å²) in [6, 6.07) is 83.7. The molecule has 2 aromatic heterocycles. The third-order valence-corrected chi connectivity index (χ3v) is 13.9. The Morgan fingerprint density at radius 3 is 0.970 bits per heavy atom. The molecule has 2 heteroatoms. The molecule has 2 heterocycles. The fourth-order valence-corrected chi connectivity index (χ4v) is 11.1. The zero-order valence-electron chi connectivity index (χ0n) is 35.8. The van der Waals surface area contributed by atoms with E-state index in [4.69, 9.17) is 8.83 Å². The molecular formula is C64H38O2. The van der Waals surface area contributed by atoms with Crippen molar-refractivity contribution in [2.24, 2.45) is 0 Å². The first-order chi connectivity index (χ1) is 32.8. The first kappa shape index (κ1) is 36.7. The Hall–Kier alpha value is -8.72. The van der Waals surface area contributed by atoms with Gasteiger partial charge in [-0.15, -0.1) is 0 Å². The Balaban J connectivity index is 1.02. The lowest BCUT2D eigenvalue weighted by atomic mass is 9.84. The van der Waals surface area contributed by atoms with Crippen molar-refractivity contribution in [1.82, 2.24) is 0 Å². The van der Waals surface area contributed by atoms with E-state index in [1.165, 1.54) is 98.7 Å². The molecule has 0 saturated carbocycles.